The van der Waals surface area contributed by atoms with Crippen LogP contribution in [0.4, 0.5) is 14.5 Å². The largest absolute Gasteiger partial charge is 0.415 e. The first-order valence-corrected chi connectivity index (χ1v) is 12.9. The van der Waals surface area contributed by atoms with E-state index in [4.69, 9.17) is 10.1 Å². The van der Waals surface area contributed by atoms with Crippen molar-refractivity contribution in [2.24, 2.45) is 10.9 Å². The molecular weight excluding hydrogens is 488 g/mol. The van der Waals surface area contributed by atoms with Gasteiger partial charge in [-0.15, -0.1) is 4.39 Å². The molecule has 4 aliphatic heterocycles. The summed E-state index contributed by atoms with van der Waals surface area (Å²) < 4.78 is 37.4. The van der Waals surface area contributed by atoms with Gasteiger partial charge >= 0.3 is 6.48 Å². The third-order valence-corrected chi connectivity index (χ3v) is 8.92. The Bertz CT molecular complexity index is 1600. The highest BCUT2D eigenvalue weighted by atomic mass is 19.2. The number of aliphatic hydroxyl groups is 1. The van der Waals surface area contributed by atoms with E-state index in [1.165, 1.54) is 6.07 Å². The van der Waals surface area contributed by atoms with Gasteiger partial charge in [0.1, 0.15) is 23.3 Å². The molecule has 38 heavy (non-hydrogen) atoms. The van der Waals surface area contributed by atoms with Crippen molar-refractivity contribution in [1.29, 1.82) is 5.41 Å². The number of ketones is 1. The van der Waals surface area contributed by atoms with Crippen LogP contribution in [0.1, 0.15) is 66.2 Å². The Hall–Kier alpha value is -3.75. The zero-order valence-electron chi connectivity index (χ0n) is 21.0. The van der Waals surface area contributed by atoms with Crippen LogP contribution < -0.4 is 9.22 Å². The Kier molecular flexibility index (Phi) is 4.70. The van der Waals surface area contributed by atoms with Gasteiger partial charge in [-0.05, 0) is 25.5 Å². The second kappa shape index (κ2) is 7.65. The van der Waals surface area contributed by atoms with Crippen molar-refractivity contribution in [3.8, 4) is 5.75 Å². The Morgan fingerprint density at radius 2 is 2.11 bits per heavy atom. The second-order valence-corrected chi connectivity index (χ2v) is 10.8. The summed E-state index contributed by atoms with van der Waals surface area (Å²) >= 11 is 0. The quantitative estimate of drug-likeness (QED) is 0.389. The van der Waals surface area contributed by atoms with Gasteiger partial charge in [0.25, 0.3) is 0 Å². The lowest BCUT2D eigenvalue weighted by Gasteiger charge is -2.44. The number of halogens is 2. The molecule has 4 heterocycles. The molecule has 8 heteroatoms. The van der Waals surface area contributed by atoms with E-state index >= 15 is 8.78 Å². The maximum atomic E-state index is 16.3. The van der Waals surface area contributed by atoms with E-state index in [0.717, 1.165) is 0 Å². The fourth-order valence-electron chi connectivity index (χ4n) is 6.75. The summed E-state index contributed by atoms with van der Waals surface area (Å²) in [6, 6.07) is 7.56. The van der Waals surface area contributed by atoms with Gasteiger partial charge in [0.05, 0.1) is 28.5 Å². The van der Waals surface area contributed by atoms with Gasteiger partial charge in [-0.1, -0.05) is 31.2 Å². The number of hydrogen-bond donors (Lipinski definition) is 2. The molecule has 2 aromatic carbocycles. The molecule has 0 radical (unpaired) electrons. The number of carbonyl (C=O) groups excluding carboxylic acids is 1. The minimum atomic E-state index is -1.82. The topological polar surface area (TPSA) is 82.7 Å². The van der Waals surface area contributed by atoms with E-state index in [1.54, 1.807) is 49.5 Å². The van der Waals surface area contributed by atoms with Crippen LogP contribution in [0.5, 0.6) is 5.75 Å². The van der Waals surface area contributed by atoms with E-state index in [0.29, 0.717) is 64.4 Å². The van der Waals surface area contributed by atoms with Crippen molar-refractivity contribution in [2.75, 3.05) is 0 Å². The number of alkyl halides is 1. The number of quaternary nitrogens is 1. The molecule has 1 aliphatic carbocycles. The Morgan fingerprint density at radius 1 is 1.29 bits per heavy atom. The smallest absolute Gasteiger partial charge is 0.397 e. The molecule has 5 atom stereocenters. The molecule has 2 bridgehead atoms. The summed E-state index contributed by atoms with van der Waals surface area (Å²) in [6.45, 7) is 1.76. The fourth-order valence-corrected chi connectivity index (χ4v) is 6.75. The van der Waals surface area contributed by atoms with E-state index in [9.17, 15) is 9.90 Å². The number of aliphatic imine (C=N–C) groups is 1. The summed E-state index contributed by atoms with van der Waals surface area (Å²) in [4.78, 5) is 17.7. The number of ether oxygens (including phenoxy) is 1. The van der Waals surface area contributed by atoms with E-state index in [2.05, 4.69) is 4.99 Å². The third-order valence-electron chi connectivity index (χ3n) is 8.92. The predicted octanol–water partition coefficient (Wildman–Crippen LogP) is 6.01. The lowest BCUT2D eigenvalue weighted by molar-refractivity contribution is -0.0762. The molecule has 0 amide bonds. The van der Waals surface area contributed by atoms with Gasteiger partial charge < -0.3 is 15.3 Å². The van der Waals surface area contributed by atoms with Gasteiger partial charge in [-0.3, -0.25) is 9.79 Å². The molecule has 1 saturated heterocycles. The minimum absolute atomic E-state index is 0.0704. The number of fused-ring (bicyclic) bond motifs is 3. The molecule has 1 spiro atoms. The molecule has 2 N–H and O–H groups in total. The molecule has 1 fully saturated rings. The molecular formula is C30H26F2N3O3+. The van der Waals surface area contributed by atoms with Crippen molar-refractivity contribution < 1.29 is 23.4 Å². The monoisotopic (exact) mass is 514 g/mol. The highest BCUT2D eigenvalue weighted by Crippen LogP contribution is 2.64. The number of benzene rings is 2. The normalized spacial score (nSPS) is 29.8. The van der Waals surface area contributed by atoms with Crippen LogP contribution >= 0.6 is 0 Å². The molecule has 0 aromatic heterocycles. The Morgan fingerprint density at radius 3 is 2.89 bits per heavy atom. The van der Waals surface area contributed by atoms with E-state index in [1.807, 2.05) is 13.0 Å². The minimum Gasteiger partial charge on any atom is -0.415 e. The first kappa shape index (κ1) is 23.4. The zero-order valence-corrected chi connectivity index (χ0v) is 21.0. The maximum Gasteiger partial charge on any atom is 0.397 e. The summed E-state index contributed by atoms with van der Waals surface area (Å²) in [5, 5.41) is 19.4. The van der Waals surface area contributed by atoms with Crippen molar-refractivity contribution in [1.82, 2.24) is 4.48 Å². The highest BCUT2D eigenvalue weighted by Gasteiger charge is 2.68. The van der Waals surface area contributed by atoms with Gasteiger partial charge in [-0.25, -0.2) is 4.39 Å². The first-order chi connectivity index (χ1) is 18.2. The second-order valence-electron chi connectivity index (χ2n) is 10.8. The van der Waals surface area contributed by atoms with E-state index in [-0.39, 0.29) is 21.5 Å². The van der Waals surface area contributed by atoms with Crippen molar-refractivity contribution in [3.63, 3.8) is 0 Å². The average molecular weight is 515 g/mol. The number of hydrogen-bond acceptors (Lipinski definition) is 5. The maximum absolute atomic E-state index is 16.3. The Balaban J connectivity index is 1.43. The molecule has 6 nitrogen and oxygen atoms in total. The van der Waals surface area contributed by atoms with Gasteiger partial charge in [0.2, 0.25) is 5.78 Å². The van der Waals surface area contributed by atoms with Gasteiger partial charge in [0.15, 0.2) is 5.69 Å². The number of nitrogens with zero attached hydrogens (tertiary/aromatic N) is 2. The number of rotatable bonds is 3. The van der Waals surface area contributed by atoms with Crippen LogP contribution in [0.25, 0.3) is 11.6 Å². The number of Topliss-reactive ketones (excluding diaryl/α,β-unsaturated/α-hetero) is 1. The van der Waals surface area contributed by atoms with Crippen LogP contribution in [0.3, 0.4) is 0 Å². The van der Waals surface area contributed by atoms with Crippen LogP contribution in [0, 0.1) is 17.1 Å². The highest BCUT2D eigenvalue weighted by molar-refractivity contribution is 6.47. The molecule has 0 saturated carbocycles. The van der Waals surface area contributed by atoms with Crippen molar-refractivity contribution >= 4 is 34.5 Å². The third kappa shape index (κ3) is 2.79. The van der Waals surface area contributed by atoms with E-state index < -0.39 is 29.9 Å². The van der Waals surface area contributed by atoms with Crippen LogP contribution in [0.2, 0.25) is 0 Å². The predicted molar refractivity (Wildman–Crippen MR) is 141 cm³/mol. The Labute approximate surface area is 218 Å². The van der Waals surface area contributed by atoms with Crippen LogP contribution in [-0.2, 0) is 0 Å². The molecule has 2 unspecified atom stereocenters. The molecule has 192 valence electrons. The van der Waals surface area contributed by atoms with Crippen molar-refractivity contribution in [3.05, 3.63) is 82.5 Å². The summed E-state index contributed by atoms with van der Waals surface area (Å²) in [7, 11) is 0. The lowest BCUT2D eigenvalue weighted by Crippen LogP contribution is -2.58. The number of allylic oxidation sites excluding steroid dienone is 4. The summed E-state index contributed by atoms with van der Waals surface area (Å²) in [5.74, 6) is -1.13. The lowest BCUT2D eigenvalue weighted by atomic mass is 9.92. The average Bonchev–Trinajstić information content (AvgIpc) is 3.21. The van der Waals surface area contributed by atoms with Gasteiger partial charge in [-0.2, -0.15) is 4.48 Å². The van der Waals surface area contributed by atoms with Crippen molar-refractivity contribution in [2.45, 2.75) is 51.2 Å². The summed E-state index contributed by atoms with van der Waals surface area (Å²) in [5.41, 5.74) is 2.82. The molecule has 5 aliphatic rings. The fraction of sp³-hybridized carbons (Fsp3) is 0.300. The molecule has 7 rings (SSSR count). The number of nitrogens with one attached hydrogen (secondary N) is 1. The number of carbonyl (C=O) groups is 1. The van der Waals surface area contributed by atoms with Gasteiger partial charge in [0, 0.05) is 53.4 Å². The van der Waals surface area contributed by atoms with Crippen LogP contribution in [-0.4, -0.2) is 34.4 Å². The van der Waals surface area contributed by atoms with Crippen LogP contribution in [0.15, 0.2) is 59.4 Å². The first-order valence-electron chi connectivity index (χ1n) is 12.9. The zero-order chi connectivity index (χ0) is 26.6. The molecule has 2 aromatic rings. The summed E-state index contributed by atoms with van der Waals surface area (Å²) in [6.07, 6.45) is 8.21. The SMILES string of the molecule is CC[C@](C)(O)C1=NC=C(c2cc3c(cc2F)C=C2[C@@H]4C[C@H]5c6c(cccc6C(=O)C4=N)OC(F)[N+]235)C=CC1. The standard InChI is InChI=1S/C30H26F2N3O3/c1-3-30(2,37)25-9-4-6-15(14-34-25)18-12-21-16(10-20(18)31)11-22-19-13-23-26-17(28(36)27(19)33)7-5-8-24(26)38-29(32)35(21,22)23/h4-8,10-12,14,19,23,29,33,37H,3,9,13H2,1-2H3/q+1/t19-,23-,29?,30-,35?/m0/s1.